The number of carbonyl (C=O) groups is 1. The minimum atomic E-state index is -0.956. The van der Waals surface area contributed by atoms with Crippen LogP contribution in [0.3, 0.4) is 0 Å². The summed E-state index contributed by atoms with van der Waals surface area (Å²) in [5, 5.41) is 8.86. The Labute approximate surface area is 107 Å². The lowest BCUT2D eigenvalue weighted by Crippen LogP contribution is -1.99. The molecule has 0 aliphatic carbocycles. The molecule has 0 radical (unpaired) electrons. The van der Waals surface area contributed by atoms with Gasteiger partial charge in [-0.25, -0.2) is 4.79 Å². The summed E-state index contributed by atoms with van der Waals surface area (Å²) in [5.41, 5.74) is 2.85. The number of nitrogens with zero attached hydrogens (tertiary/aromatic N) is 1. The predicted molar refractivity (Wildman–Crippen MR) is 69.1 cm³/mol. The molecule has 0 fully saturated rings. The van der Waals surface area contributed by atoms with Gasteiger partial charge in [-0.05, 0) is 30.7 Å². The van der Waals surface area contributed by atoms with E-state index in [2.05, 4.69) is 20.9 Å². The molecule has 0 saturated heterocycles. The Morgan fingerprint density at radius 3 is 2.47 bits per heavy atom. The lowest BCUT2D eigenvalue weighted by atomic mass is 10.1. The van der Waals surface area contributed by atoms with E-state index >= 15 is 0 Å². The van der Waals surface area contributed by atoms with Crippen molar-refractivity contribution in [1.82, 2.24) is 4.98 Å². The van der Waals surface area contributed by atoms with Crippen molar-refractivity contribution in [3.05, 3.63) is 52.1 Å². The highest BCUT2D eigenvalue weighted by Gasteiger charge is 2.08. The summed E-state index contributed by atoms with van der Waals surface area (Å²) in [6, 6.07) is 9.38. The average Bonchev–Trinajstić information content (AvgIpc) is 2.30. The topological polar surface area (TPSA) is 50.2 Å². The van der Waals surface area contributed by atoms with Crippen LogP contribution in [-0.2, 0) is 0 Å². The van der Waals surface area contributed by atoms with E-state index in [-0.39, 0.29) is 5.56 Å². The number of rotatable bonds is 2. The molecule has 2 rings (SSSR count). The highest BCUT2D eigenvalue weighted by Crippen LogP contribution is 2.23. The minimum absolute atomic E-state index is 0.211. The van der Waals surface area contributed by atoms with Gasteiger partial charge in [0.05, 0.1) is 11.3 Å². The third-order valence-electron chi connectivity index (χ3n) is 2.44. The van der Waals surface area contributed by atoms with Crippen molar-refractivity contribution in [2.24, 2.45) is 0 Å². The van der Waals surface area contributed by atoms with Crippen LogP contribution < -0.4 is 0 Å². The van der Waals surface area contributed by atoms with Gasteiger partial charge in [-0.2, -0.15) is 0 Å². The molecule has 0 aliphatic rings. The molecule has 3 nitrogen and oxygen atoms in total. The van der Waals surface area contributed by atoms with Crippen molar-refractivity contribution in [3.63, 3.8) is 0 Å². The molecule has 0 saturated carbocycles. The zero-order valence-electron chi connectivity index (χ0n) is 9.14. The first-order chi connectivity index (χ1) is 8.08. The Morgan fingerprint density at radius 1 is 1.29 bits per heavy atom. The smallest absolute Gasteiger partial charge is 0.337 e. The van der Waals surface area contributed by atoms with Gasteiger partial charge in [-0.1, -0.05) is 28.1 Å². The maximum absolute atomic E-state index is 10.8. The molecule has 86 valence electrons. The second kappa shape index (κ2) is 4.67. The molecule has 1 aromatic carbocycles. The van der Waals surface area contributed by atoms with E-state index in [1.54, 1.807) is 6.07 Å². The number of aryl methyl sites for hydroxylation is 1. The highest BCUT2D eigenvalue weighted by atomic mass is 79.9. The number of hydrogen-bond donors (Lipinski definition) is 1. The minimum Gasteiger partial charge on any atom is -0.478 e. The highest BCUT2D eigenvalue weighted by molar-refractivity contribution is 9.10. The summed E-state index contributed by atoms with van der Waals surface area (Å²) in [4.78, 5) is 15.0. The third-order valence-corrected chi connectivity index (χ3v) is 2.97. The molecule has 1 N–H and O–H groups in total. The van der Waals surface area contributed by atoms with Gasteiger partial charge in [-0.15, -0.1) is 0 Å². The molecule has 2 aromatic rings. The Hall–Kier alpha value is -1.68. The van der Waals surface area contributed by atoms with Crippen molar-refractivity contribution in [3.8, 4) is 11.3 Å². The van der Waals surface area contributed by atoms with E-state index in [1.165, 1.54) is 6.20 Å². The molecule has 0 spiro atoms. The summed E-state index contributed by atoms with van der Waals surface area (Å²) >= 11 is 3.37. The zero-order valence-corrected chi connectivity index (χ0v) is 10.7. The molecule has 4 heteroatoms. The molecular weight excluding hydrogens is 282 g/mol. The van der Waals surface area contributed by atoms with Crippen LogP contribution in [-0.4, -0.2) is 16.1 Å². The van der Waals surface area contributed by atoms with E-state index in [9.17, 15) is 4.79 Å². The van der Waals surface area contributed by atoms with Crippen LogP contribution in [0.25, 0.3) is 11.3 Å². The Kier molecular flexibility index (Phi) is 3.24. The number of halogens is 1. The fourth-order valence-corrected chi connectivity index (χ4v) is 1.87. The summed E-state index contributed by atoms with van der Waals surface area (Å²) < 4.78 is 1.00. The monoisotopic (exact) mass is 291 g/mol. The lowest BCUT2D eigenvalue weighted by molar-refractivity contribution is 0.0696. The number of benzene rings is 1. The zero-order chi connectivity index (χ0) is 12.4. The van der Waals surface area contributed by atoms with Crippen molar-refractivity contribution in [1.29, 1.82) is 0 Å². The number of aromatic nitrogens is 1. The fraction of sp³-hybridized carbons (Fsp3) is 0.0769. The van der Waals surface area contributed by atoms with E-state index in [1.807, 2.05) is 31.2 Å². The quantitative estimate of drug-likeness (QED) is 0.921. The maximum Gasteiger partial charge on any atom is 0.337 e. The number of hydrogen-bond acceptors (Lipinski definition) is 2. The molecule has 0 atom stereocenters. The molecule has 1 heterocycles. The van der Waals surface area contributed by atoms with Gasteiger partial charge in [0.1, 0.15) is 0 Å². The van der Waals surface area contributed by atoms with Gasteiger partial charge in [0.15, 0.2) is 0 Å². The molecule has 17 heavy (non-hydrogen) atoms. The van der Waals surface area contributed by atoms with Crippen LogP contribution in [0.4, 0.5) is 0 Å². The lowest BCUT2D eigenvalue weighted by Gasteiger charge is -2.06. The SMILES string of the molecule is Cc1cc(C(=O)O)cnc1-c1ccc(Br)cc1. The standard InChI is InChI=1S/C13H10BrNO2/c1-8-6-10(13(16)17)7-15-12(8)9-2-4-11(14)5-3-9/h2-7H,1H3,(H,16,17). The maximum atomic E-state index is 10.8. The molecule has 0 aliphatic heterocycles. The first-order valence-corrected chi connectivity index (χ1v) is 5.83. The largest absolute Gasteiger partial charge is 0.478 e. The average molecular weight is 292 g/mol. The van der Waals surface area contributed by atoms with Crippen molar-refractivity contribution < 1.29 is 9.90 Å². The van der Waals surface area contributed by atoms with Crippen LogP contribution in [0, 0.1) is 6.92 Å². The molecule has 0 bridgehead atoms. The first kappa shape index (κ1) is 11.8. The van der Waals surface area contributed by atoms with Gasteiger partial charge in [0.2, 0.25) is 0 Å². The van der Waals surface area contributed by atoms with Crippen LogP contribution >= 0.6 is 15.9 Å². The van der Waals surface area contributed by atoms with Crippen molar-refractivity contribution in [2.75, 3.05) is 0 Å². The summed E-state index contributed by atoms with van der Waals surface area (Å²) in [6.45, 7) is 1.86. The predicted octanol–water partition coefficient (Wildman–Crippen LogP) is 3.52. The number of carboxylic acids is 1. The number of aromatic carboxylic acids is 1. The summed E-state index contributed by atoms with van der Waals surface area (Å²) in [6.07, 6.45) is 1.38. The van der Waals surface area contributed by atoms with Gasteiger partial charge in [-0.3, -0.25) is 4.98 Å². The normalized spacial score (nSPS) is 10.2. The van der Waals surface area contributed by atoms with Gasteiger partial charge in [0.25, 0.3) is 0 Å². The number of carboxylic acid groups (broad SMARTS) is 1. The third kappa shape index (κ3) is 2.53. The fourth-order valence-electron chi connectivity index (χ4n) is 1.60. The van der Waals surface area contributed by atoms with Gasteiger partial charge < -0.3 is 5.11 Å². The second-order valence-corrected chi connectivity index (χ2v) is 4.62. The van der Waals surface area contributed by atoms with Crippen LogP contribution in [0.5, 0.6) is 0 Å². The van der Waals surface area contributed by atoms with Crippen molar-refractivity contribution >= 4 is 21.9 Å². The van der Waals surface area contributed by atoms with Crippen molar-refractivity contribution in [2.45, 2.75) is 6.92 Å². The van der Waals surface area contributed by atoms with Gasteiger partial charge >= 0.3 is 5.97 Å². The number of pyridine rings is 1. The van der Waals surface area contributed by atoms with E-state index < -0.39 is 5.97 Å². The summed E-state index contributed by atoms with van der Waals surface area (Å²) in [5.74, 6) is -0.956. The molecular formula is C13H10BrNO2. The van der Waals surface area contributed by atoms with Crippen LogP contribution in [0.15, 0.2) is 41.0 Å². The molecule has 0 unspecified atom stereocenters. The van der Waals surface area contributed by atoms with E-state index in [0.29, 0.717) is 0 Å². The Bertz CT molecular complexity index is 564. The molecule has 0 amide bonds. The second-order valence-electron chi connectivity index (χ2n) is 3.70. The Balaban J connectivity index is 2.46. The van der Waals surface area contributed by atoms with E-state index in [4.69, 9.17) is 5.11 Å². The Morgan fingerprint density at radius 2 is 1.94 bits per heavy atom. The first-order valence-electron chi connectivity index (χ1n) is 5.04. The molecule has 1 aromatic heterocycles. The van der Waals surface area contributed by atoms with E-state index in [0.717, 1.165) is 21.3 Å². The van der Waals surface area contributed by atoms with Crippen LogP contribution in [0.2, 0.25) is 0 Å². The summed E-state index contributed by atoms with van der Waals surface area (Å²) in [7, 11) is 0. The van der Waals surface area contributed by atoms with Gasteiger partial charge in [0, 0.05) is 16.2 Å². The van der Waals surface area contributed by atoms with Crippen LogP contribution in [0.1, 0.15) is 15.9 Å².